The largest absolute Gasteiger partial charge is 0.489 e. The Morgan fingerprint density at radius 3 is 2.35 bits per heavy atom. The van der Waals surface area contributed by atoms with E-state index in [1.165, 1.54) is 0 Å². The van der Waals surface area contributed by atoms with Crippen LogP contribution < -0.4 is 10.5 Å². The van der Waals surface area contributed by atoms with Crippen molar-refractivity contribution in [2.75, 3.05) is 0 Å². The quantitative estimate of drug-likeness (QED) is 0.795. The van der Waals surface area contributed by atoms with Crippen LogP contribution in [0.3, 0.4) is 0 Å². The molecule has 0 aliphatic heterocycles. The zero-order valence-corrected chi connectivity index (χ0v) is 11.9. The van der Waals surface area contributed by atoms with Gasteiger partial charge in [-0.25, -0.2) is 0 Å². The van der Waals surface area contributed by atoms with Crippen molar-refractivity contribution < 1.29 is 4.74 Å². The van der Waals surface area contributed by atoms with E-state index >= 15 is 0 Å². The molecule has 0 aliphatic carbocycles. The van der Waals surface area contributed by atoms with Crippen LogP contribution in [0.25, 0.3) is 0 Å². The molecule has 2 aromatic rings. The molecule has 0 spiro atoms. The Bertz CT molecular complexity index is 545. The van der Waals surface area contributed by atoms with Gasteiger partial charge in [0, 0.05) is 6.04 Å². The number of hydrogen-bond donors (Lipinski definition) is 1. The van der Waals surface area contributed by atoms with Gasteiger partial charge in [0.15, 0.2) is 0 Å². The molecule has 0 fully saturated rings. The summed E-state index contributed by atoms with van der Waals surface area (Å²) in [7, 11) is 0. The molecule has 0 heterocycles. The van der Waals surface area contributed by atoms with Crippen molar-refractivity contribution in [3.8, 4) is 5.75 Å². The van der Waals surface area contributed by atoms with Crippen LogP contribution in [0.4, 0.5) is 0 Å². The molecule has 2 rings (SSSR count). The zero-order chi connectivity index (χ0) is 14.4. The Hall–Kier alpha value is -2.06. The summed E-state index contributed by atoms with van der Waals surface area (Å²) in [6, 6.07) is 18.1. The van der Waals surface area contributed by atoms with E-state index in [2.05, 4.69) is 18.7 Å². The number of rotatable bonds is 6. The molecule has 0 amide bonds. The summed E-state index contributed by atoms with van der Waals surface area (Å²) in [5.41, 5.74) is 9.48. The molecule has 104 valence electrons. The number of benzene rings is 2. The second-order valence-electron chi connectivity index (χ2n) is 5.11. The van der Waals surface area contributed by atoms with E-state index in [0.717, 1.165) is 28.9 Å². The Morgan fingerprint density at radius 2 is 1.75 bits per heavy atom. The van der Waals surface area contributed by atoms with Gasteiger partial charge in [-0.3, -0.25) is 0 Å². The van der Waals surface area contributed by atoms with E-state index in [0.29, 0.717) is 6.61 Å². The highest BCUT2D eigenvalue weighted by molar-refractivity contribution is 5.30. The number of hydrogen-bond acceptors (Lipinski definition) is 2. The molecule has 0 aliphatic rings. The topological polar surface area (TPSA) is 35.2 Å². The molecule has 0 bridgehead atoms. The fraction of sp³-hybridized carbons (Fsp3) is 0.222. The summed E-state index contributed by atoms with van der Waals surface area (Å²) in [6.45, 7) is 6.48. The van der Waals surface area contributed by atoms with Crippen LogP contribution in [0.1, 0.15) is 30.5 Å². The molecule has 20 heavy (non-hydrogen) atoms. The van der Waals surface area contributed by atoms with E-state index in [-0.39, 0.29) is 6.04 Å². The minimum Gasteiger partial charge on any atom is -0.489 e. The van der Waals surface area contributed by atoms with Crippen molar-refractivity contribution in [1.82, 2.24) is 0 Å². The van der Waals surface area contributed by atoms with Gasteiger partial charge < -0.3 is 10.5 Å². The maximum absolute atomic E-state index is 6.11. The third kappa shape index (κ3) is 4.25. The van der Waals surface area contributed by atoms with Crippen LogP contribution in [0.2, 0.25) is 0 Å². The van der Waals surface area contributed by atoms with Crippen molar-refractivity contribution in [3.05, 3.63) is 77.9 Å². The molecular weight excluding hydrogens is 246 g/mol. The number of ether oxygens (including phenoxy) is 1. The first kappa shape index (κ1) is 14.4. The van der Waals surface area contributed by atoms with Crippen molar-refractivity contribution >= 4 is 0 Å². The SMILES string of the molecule is C=C(C)C[C@@H](N)c1ccc(OCc2ccccc2)cc1. The summed E-state index contributed by atoms with van der Waals surface area (Å²) in [5, 5.41) is 0. The van der Waals surface area contributed by atoms with Gasteiger partial charge in [0.1, 0.15) is 12.4 Å². The molecule has 2 nitrogen and oxygen atoms in total. The van der Waals surface area contributed by atoms with E-state index < -0.39 is 0 Å². The lowest BCUT2D eigenvalue weighted by Crippen LogP contribution is -2.10. The third-order valence-corrected chi connectivity index (χ3v) is 3.12. The first-order chi connectivity index (χ1) is 9.65. The number of nitrogens with two attached hydrogens (primary N) is 1. The highest BCUT2D eigenvalue weighted by Gasteiger charge is 2.06. The molecule has 2 N–H and O–H groups in total. The van der Waals surface area contributed by atoms with Crippen molar-refractivity contribution in [2.45, 2.75) is 26.0 Å². The Balaban J connectivity index is 1.93. The van der Waals surface area contributed by atoms with Crippen molar-refractivity contribution in [2.24, 2.45) is 5.73 Å². The van der Waals surface area contributed by atoms with E-state index in [4.69, 9.17) is 10.5 Å². The predicted molar refractivity (Wildman–Crippen MR) is 83.6 cm³/mol. The van der Waals surface area contributed by atoms with Gasteiger partial charge in [0.25, 0.3) is 0 Å². The fourth-order valence-electron chi connectivity index (χ4n) is 2.05. The molecule has 0 aromatic heterocycles. The average Bonchev–Trinajstić information content (AvgIpc) is 2.46. The van der Waals surface area contributed by atoms with E-state index in [1.54, 1.807) is 0 Å². The second-order valence-corrected chi connectivity index (χ2v) is 5.11. The Kier molecular flexibility index (Phi) is 4.97. The lowest BCUT2D eigenvalue weighted by atomic mass is 10.0. The average molecular weight is 267 g/mol. The molecule has 0 saturated carbocycles. The molecule has 0 unspecified atom stereocenters. The summed E-state index contributed by atoms with van der Waals surface area (Å²) >= 11 is 0. The third-order valence-electron chi connectivity index (χ3n) is 3.12. The van der Waals surface area contributed by atoms with Crippen molar-refractivity contribution in [1.29, 1.82) is 0 Å². The zero-order valence-electron chi connectivity index (χ0n) is 11.9. The normalized spacial score (nSPS) is 11.9. The monoisotopic (exact) mass is 267 g/mol. The van der Waals surface area contributed by atoms with Gasteiger partial charge in [-0.1, -0.05) is 48.0 Å². The molecule has 0 radical (unpaired) electrons. The Morgan fingerprint density at radius 1 is 1.10 bits per heavy atom. The second kappa shape index (κ2) is 6.92. The standard InChI is InChI=1S/C18H21NO/c1-14(2)12-18(19)16-8-10-17(11-9-16)20-13-15-6-4-3-5-7-15/h3-11,18H,1,12-13,19H2,2H3/t18-/m1/s1. The highest BCUT2D eigenvalue weighted by Crippen LogP contribution is 2.21. The van der Waals surface area contributed by atoms with Crippen molar-refractivity contribution in [3.63, 3.8) is 0 Å². The lowest BCUT2D eigenvalue weighted by Gasteiger charge is -2.13. The van der Waals surface area contributed by atoms with Crippen LogP contribution in [-0.2, 0) is 6.61 Å². The maximum atomic E-state index is 6.11. The minimum atomic E-state index is 0.00988. The smallest absolute Gasteiger partial charge is 0.119 e. The first-order valence-electron chi connectivity index (χ1n) is 6.82. The highest BCUT2D eigenvalue weighted by atomic mass is 16.5. The van der Waals surface area contributed by atoms with Gasteiger partial charge in [-0.15, -0.1) is 6.58 Å². The minimum absolute atomic E-state index is 0.00988. The van der Waals surface area contributed by atoms with Crippen LogP contribution in [-0.4, -0.2) is 0 Å². The lowest BCUT2D eigenvalue weighted by molar-refractivity contribution is 0.306. The Labute approximate surface area is 120 Å². The van der Waals surface area contributed by atoms with E-state index in [9.17, 15) is 0 Å². The van der Waals surface area contributed by atoms with Gasteiger partial charge in [0.05, 0.1) is 0 Å². The fourth-order valence-corrected chi connectivity index (χ4v) is 2.05. The summed E-state index contributed by atoms with van der Waals surface area (Å²) < 4.78 is 5.75. The summed E-state index contributed by atoms with van der Waals surface area (Å²) in [4.78, 5) is 0. The van der Waals surface area contributed by atoms with Crippen LogP contribution in [0.5, 0.6) is 5.75 Å². The molecule has 2 aromatic carbocycles. The van der Waals surface area contributed by atoms with Gasteiger partial charge >= 0.3 is 0 Å². The summed E-state index contributed by atoms with van der Waals surface area (Å²) in [6.07, 6.45) is 0.810. The molecule has 2 heteroatoms. The molecular formula is C18H21NO. The van der Waals surface area contributed by atoms with Gasteiger partial charge in [-0.2, -0.15) is 0 Å². The van der Waals surface area contributed by atoms with E-state index in [1.807, 2.05) is 49.4 Å². The predicted octanol–water partition coefficient (Wildman–Crippen LogP) is 4.23. The van der Waals surface area contributed by atoms with Crippen LogP contribution in [0, 0.1) is 0 Å². The summed E-state index contributed by atoms with van der Waals surface area (Å²) in [5.74, 6) is 0.861. The van der Waals surface area contributed by atoms with Crippen LogP contribution in [0.15, 0.2) is 66.7 Å². The maximum Gasteiger partial charge on any atom is 0.119 e. The molecule has 0 saturated heterocycles. The van der Waals surface area contributed by atoms with Crippen LogP contribution >= 0.6 is 0 Å². The van der Waals surface area contributed by atoms with Gasteiger partial charge in [-0.05, 0) is 36.6 Å². The first-order valence-corrected chi connectivity index (χ1v) is 6.82. The molecule has 1 atom stereocenters. The van der Waals surface area contributed by atoms with Gasteiger partial charge in [0.2, 0.25) is 0 Å².